The fourth-order valence-corrected chi connectivity index (χ4v) is 10.3. The molecule has 4 saturated heterocycles. The summed E-state index contributed by atoms with van der Waals surface area (Å²) in [7, 11) is 0. The van der Waals surface area contributed by atoms with Crippen LogP contribution in [0.5, 0.6) is 0 Å². The number of non-ortho nitro benzene ring substituents is 1. The summed E-state index contributed by atoms with van der Waals surface area (Å²) < 4.78 is 4.85. The first kappa shape index (κ1) is 36.2. The Morgan fingerprint density at radius 3 is 2.57 bits per heavy atom. The first-order chi connectivity index (χ1) is 27.1. The Hall–Kier alpha value is -5.44. The molecule has 0 radical (unpaired) electrons. The van der Waals surface area contributed by atoms with Gasteiger partial charge in [-0.1, -0.05) is 61.0 Å². The number of nitro groups is 1. The van der Waals surface area contributed by atoms with Crippen molar-refractivity contribution in [3.8, 4) is 0 Å². The predicted octanol–water partition coefficient (Wildman–Crippen LogP) is 4.95. The van der Waals surface area contributed by atoms with Gasteiger partial charge in [0.15, 0.2) is 5.52 Å². The summed E-state index contributed by atoms with van der Waals surface area (Å²) in [6.45, 7) is 2.79. The number of nitro benzene ring substituents is 1. The van der Waals surface area contributed by atoms with Crippen molar-refractivity contribution in [2.24, 2.45) is 10.9 Å². The van der Waals surface area contributed by atoms with Crippen LogP contribution in [0.2, 0.25) is 5.02 Å². The number of hydrogen-bond acceptors (Lipinski definition) is 10. The van der Waals surface area contributed by atoms with E-state index < -0.39 is 28.5 Å². The monoisotopic (exact) mass is 780 g/mol. The maximum absolute atomic E-state index is 15.0. The summed E-state index contributed by atoms with van der Waals surface area (Å²) in [5.74, 6) is -1.13. The second-order valence-electron chi connectivity index (χ2n) is 15.6. The standard InChI is InChI=1S/C40H41ClN8O7/c1-2-25-10-11-26-9-8-23-17-21-45(35(23)38(52)47(25)26)37(51)32-14-12-27-16-19-40(39(53)48(27)32)18-5-20-46(40)36(50)30(22-24-6-3-4-7-28(24)41)42-29-13-15-31(49(54)55)34-33(29)43-56-44-34/h3-4,6-9,13,15-16,19,23,25-27,32,35H,2,5,10-12,14,17-18,20-22H2,1H3/t23-,25+,26-,27-,32-,35-,40+/m0/s1. The van der Waals surface area contributed by atoms with Crippen LogP contribution < -0.4 is 0 Å². The average Bonchev–Trinajstić information content (AvgIpc) is 4.04. The Labute approximate surface area is 327 Å². The van der Waals surface area contributed by atoms with Crippen molar-refractivity contribution in [2.75, 3.05) is 13.1 Å². The lowest BCUT2D eigenvalue weighted by Crippen LogP contribution is -2.64. The van der Waals surface area contributed by atoms with Crippen molar-refractivity contribution in [3.63, 3.8) is 0 Å². The van der Waals surface area contributed by atoms with E-state index in [0.717, 1.165) is 19.3 Å². The van der Waals surface area contributed by atoms with E-state index in [1.54, 1.807) is 34.1 Å². The van der Waals surface area contributed by atoms with Crippen molar-refractivity contribution in [2.45, 2.75) is 100 Å². The van der Waals surface area contributed by atoms with Crippen LogP contribution in [-0.4, -0.2) is 113 Å². The molecule has 1 spiro atoms. The molecule has 4 fully saturated rings. The highest BCUT2D eigenvalue weighted by Gasteiger charge is 2.58. The van der Waals surface area contributed by atoms with Crippen molar-refractivity contribution < 1.29 is 28.7 Å². The minimum atomic E-state index is -1.37. The molecule has 15 nitrogen and oxygen atoms in total. The molecule has 1 aromatic heterocycles. The number of likely N-dealkylation sites (tertiary alicyclic amines) is 2. The normalized spacial score (nSPS) is 29.7. The van der Waals surface area contributed by atoms with Crippen molar-refractivity contribution in [1.29, 1.82) is 0 Å². The number of nitrogens with zero attached hydrogens (tertiary/aromatic N) is 8. The summed E-state index contributed by atoms with van der Waals surface area (Å²) in [6, 6.07) is 8.15. The molecule has 2 aromatic carbocycles. The highest BCUT2D eigenvalue weighted by atomic mass is 35.5. The molecule has 4 amide bonds. The molecule has 290 valence electrons. The SMILES string of the molecule is CC[C@@H]1CC[C@@H]2C=C[C@H]3CCN(C(=O)[C@@H]4CC[C@H]5C=C[C@]6(CCCN6C(=O)C(Cc6ccccc6Cl)=Nc6ccc([N+](=O)[O-])c7nonc67)C(=O)N54)[C@@H]3C(=O)N12. The smallest absolute Gasteiger partial charge is 0.300 e. The summed E-state index contributed by atoms with van der Waals surface area (Å²) in [4.78, 5) is 81.5. The van der Waals surface area contributed by atoms with E-state index in [1.165, 1.54) is 17.0 Å². The molecule has 9 rings (SSSR count). The number of rotatable bonds is 7. The van der Waals surface area contributed by atoms with E-state index in [1.807, 2.05) is 17.1 Å². The number of aliphatic imine (C=N–C) groups is 1. The van der Waals surface area contributed by atoms with Crippen LogP contribution in [0.1, 0.15) is 63.9 Å². The maximum Gasteiger partial charge on any atom is 0.300 e. The fourth-order valence-electron chi connectivity index (χ4n) is 10.1. The van der Waals surface area contributed by atoms with Crippen molar-refractivity contribution >= 4 is 63.3 Å². The van der Waals surface area contributed by atoms with Crippen LogP contribution >= 0.6 is 11.6 Å². The number of halogens is 1. The van der Waals surface area contributed by atoms with Crippen LogP contribution in [0.25, 0.3) is 11.0 Å². The lowest BCUT2D eigenvalue weighted by atomic mass is 9.88. The lowest BCUT2D eigenvalue weighted by Gasteiger charge is -2.44. The number of fused-ring (bicyclic) bond motifs is 4. The van der Waals surface area contributed by atoms with Gasteiger partial charge in [0.2, 0.25) is 17.3 Å². The van der Waals surface area contributed by atoms with E-state index in [9.17, 15) is 24.5 Å². The van der Waals surface area contributed by atoms with Gasteiger partial charge >= 0.3 is 5.69 Å². The van der Waals surface area contributed by atoms with Gasteiger partial charge in [-0.05, 0) is 79.4 Å². The first-order valence-corrected chi connectivity index (χ1v) is 19.8. The Balaban J connectivity index is 1.03. The summed E-state index contributed by atoms with van der Waals surface area (Å²) in [6.07, 6.45) is 13.4. The minimum absolute atomic E-state index is 0.000632. The van der Waals surface area contributed by atoms with Gasteiger partial charge in [-0.15, -0.1) is 0 Å². The number of hydrogen-bond donors (Lipinski definition) is 0. The predicted molar refractivity (Wildman–Crippen MR) is 204 cm³/mol. The lowest BCUT2D eigenvalue weighted by molar-refractivity contribution is -0.383. The second kappa shape index (κ2) is 13.9. The molecule has 16 heteroatoms. The van der Waals surface area contributed by atoms with Gasteiger partial charge in [-0.3, -0.25) is 29.3 Å². The van der Waals surface area contributed by atoms with Gasteiger partial charge in [0.05, 0.1) is 22.7 Å². The molecule has 0 N–H and O–H groups in total. The average molecular weight is 781 g/mol. The van der Waals surface area contributed by atoms with Gasteiger partial charge in [0, 0.05) is 42.6 Å². The number of benzene rings is 2. The Kier molecular flexibility index (Phi) is 9.01. The van der Waals surface area contributed by atoms with Crippen LogP contribution in [-0.2, 0) is 25.6 Å². The largest absolute Gasteiger partial charge is 0.331 e. The molecule has 0 aliphatic carbocycles. The van der Waals surface area contributed by atoms with E-state index in [-0.39, 0.29) is 82.9 Å². The van der Waals surface area contributed by atoms with Crippen LogP contribution in [0.3, 0.4) is 0 Å². The molecular formula is C40H41ClN8O7. The van der Waals surface area contributed by atoms with Crippen LogP contribution in [0.4, 0.5) is 11.4 Å². The fraction of sp³-hybridized carbons (Fsp3) is 0.475. The molecule has 56 heavy (non-hydrogen) atoms. The Bertz CT molecular complexity index is 2250. The van der Waals surface area contributed by atoms with E-state index in [2.05, 4.69) is 29.4 Å². The number of amides is 4. The zero-order valence-corrected chi connectivity index (χ0v) is 31.6. The third-order valence-corrected chi connectivity index (χ3v) is 13.2. The minimum Gasteiger partial charge on any atom is -0.331 e. The topological polar surface area (TPSA) is 176 Å². The van der Waals surface area contributed by atoms with Crippen LogP contribution in [0, 0.1) is 16.0 Å². The number of carbonyl (C=O) groups excluding carboxylic acids is 4. The molecular weight excluding hydrogens is 740 g/mol. The van der Waals surface area contributed by atoms with Crippen molar-refractivity contribution in [1.82, 2.24) is 29.9 Å². The molecule has 0 saturated carbocycles. The molecule has 7 heterocycles. The highest BCUT2D eigenvalue weighted by molar-refractivity contribution is 6.41. The zero-order valence-electron chi connectivity index (χ0n) is 30.8. The molecule has 3 aromatic rings. The Morgan fingerprint density at radius 2 is 1.77 bits per heavy atom. The maximum atomic E-state index is 15.0. The van der Waals surface area contributed by atoms with Gasteiger partial charge in [0.25, 0.3) is 11.8 Å². The molecule has 7 atom stereocenters. The zero-order chi connectivity index (χ0) is 38.9. The number of aromatic nitrogens is 2. The van der Waals surface area contributed by atoms with Gasteiger partial charge in [-0.2, -0.15) is 0 Å². The van der Waals surface area contributed by atoms with Crippen LogP contribution in [0.15, 0.2) is 70.3 Å². The number of carbonyl (C=O) groups is 4. The summed E-state index contributed by atoms with van der Waals surface area (Å²) in [5.41, 5.74) is -1.03. The molecule has 6 aliphatic heterocycles. The molecule has 0 unspecified atom stereocenters. The third kappa shape index (κ3) is 5.64. The summed E-state index contributed by atoms with van der Waals surface area (Å²) >= 11 is 6.57. The summed E-state index contributed by atoms with van der Waals surface area (Å²) in [5, 5.41) is 19.7. The van der Waals surface area contributed by atoms with E-state index >= 15 is 4.79 Å². The molecule has 6 aliphatic rings. The van der Waals surface area contributed by atoms with Gasteiger partial charge < -0.3 is 19.6 Å². The van der Waals surface area contributed by atoms with Gasteiger partial charge in [0.1, 0.15) is 23.3 Å². The highest BCUT2D eigenvalue weighted by Crippen LogP contribution is 2.43. The van der Waals surface area contributed by atoms with E-state index in [0.29, 0.717) is 49.2 Å². The van der Waals surface area contributed by atoms with E-state index in [4.69, 9.17) is 21.2 Å². The molecule has 0 bridgehead atoms. The van der Waals surface area contributed by atoms with Crippen molar-refractivity contribution in [3.05, 3.63) is 81.4 Å². The first-order valence-electron chi connectivity index (χ1n) is 19.5. The van der Waals surface area contributed by atoms with Gasteiger partial charge in [-0.25, -0.2) is 9.62 Å². The second-order valence-corrected chi connectivity index (χ2v) is 16.0. The third-order valence-electron chi connectivity index (χ3n) is 12.8. The quantitative estimate of drug-likeness (QED) is 0.139. The Morgan fingerprint density at radius 1 is 0.982 bits per heavy atom.